The molecule has 0 radical (unpaired) electrons. The quantitative estimate of drug-likeness (QED) is 0.877. The fourth-order valence-corrected chi connectivity index (χ4v) is 1.71. The van der Waals surface area contributed by atoms with Gasteiger partial charge in [0.15, 0.2) is 0 Å². The van der Waals surface area contributed by atoms with Crippen LogP contribution in [0.4, 0.5) is 0 Å². The van der Waals surface area contributed by atoms with E-state index in [0.29, 0.717) is 11.3 Å². The van der Waals surface area contributed by atoms with E-state index in [1.165, 1.54) is 18.5 Å². The summed E-state index contributed by atoms with van der Waals surface area (Å²) in [4.78, 5) is 27.9. The normalized spacial score (nSPS) is 10.4. The van der Waals surface area contributed by atoms with Crippen molar-refractivity contribution in [3.8, 4) is 0 Å². The molecule has 0 bridgehead atoms. The van der Waals surface area contributed by atoms with Gasteiger partial charge in [-0.1, -0.05) is 0 Å². The number of hydrogen-bond donors (Lipinski definition) is 2. The maximum atomic E-state index is 12.0. The Kier molecular flexibility index (Phi) is 4.71. The Hall–Kier alpha value is -2.63. The van der Waals surface area contributed by atoms with Gasteiger partial charge >= 0.3 is 0 Å². The summed E-state index contributed by atoms with van der Waals surface area (Å²) in [6, 6.07) is 6.58. The van der Waals surface area contributed by atoms with Crippen LogP contribution in [0.15, 0.2) is 41.1 Å². The highest BCUT2D eigenvalue weighted by atomic mass is 16.3. The molecule has 21 heavy (non-hydrogen) atoms. The van der Waals surface area contributed by atoms with Crippen molar-refractivity contribution in [3.63, 3.8) is 0 Å². The molecule has 2 aromatic heterocycles. The van der Waals surface area contributed by atoms with Crippen LogP contribution in [0, 0.1) is 0 Å². The summed E-state index contributed by atoms with van der Waals surface area (Å²) in [5.74, 6) is 0.0649. The van der Waals surface area contributed by atoms with Gasteiger partial charge in [-0.25, -0.2) is 0 Å². The fourth-order valence-electron chi connectivity index (χ4n) is 1.71. The first-order chi connectivity index (χ1) is 10.1. The number of nitrogens with one attached hydrogen (secondary N) is 2. The third-order valence-electron chi connectivity index (χ3n) is 2.68. The van der Waals surface area contributed by atoms with Crippen LogP contribution in [0.2, 0.25) is 0 Å². The molecular formula is C15H17N3O3. The van der Waals surface area contributed by atoms with Crippen LogP contribution >= 0.6 is 0 Å². The van der Waals surface area contributed by atoms with Gasteiger partial charge < -0.3 is 15.1 Å². The predicted octanol–water partition coefficient (Wildman–Crippen LogP) is 1.74. The first kappa shape index (κ1) is 14.8. The smallest absolute Gasteiger partial charge is 0.270 e. The molecule has 0 aliphatic heterocycles. The van der Waals surface area contributed by atoms with Crippen LogP contribution in [-0.4, -0.2) is 22.8 Å². The number of carbonyl (C=O) groups is 2. The lowest BCUT2D eigenvalue weighted by atomic mass is 10.2. The fraction of sp³-hybridized carbons (Fsp3) is 0.267. The molecule has 0 saturated carbocycles. The molecule has 2 amide bonds. The summed E-state index contributed by atoms with van der Waals surface area (Å²) < 4.78 is 5.13. The van der Waals surface area contributed by atoms with E-state index in [4.69, 9.17) is 4.42 Å². The van der Waals surface area contributed by atoms with Crippen molar-refractivity contribution in [1.82, 2.24) is 15.6 Å². The minimum Gasteiger partial charge on any atom is -0.467 e. The number of amides is 2. The zero-order chi connectivity index (χ0) is 15.2. The van der Waals surface area contributed by atoms with Crippen LogP contribution in [0.3, 0.4) is 0 Å². The highest BCUT2D eigenvalue weighted by Gasteiger charge is 2.12. The zero-order valence-electron chi connectivity index (χ0n) is 11.9. The Morgan fingerprint density at radius 1 is 1.29 bits per heavy atom. The lowest BCUT2D eigenvalue weighted by Crippen LogP contribution is -2.30. The average Bonchev–Trinajstić information content (AvgIpc) is 2.97. The first-order valence-corrected chi connectivity index (χ1v) is 6.64. The number of furan rings is 1. The Bertz CT molecular complexity index is 621. The Labute approximate surface area is 122 Å². The largest absolute Gasteiger partial charge is 0.467 e. The summed E-state index contributed by atoms with van der Waals surface area (Å²) >= 11 is 0. The molecule has 6 nitrogen and oxygen atoms in total. The third-order valence-corrected chi connectivity index (χ3v) is 2.68. The standard InChI is InChI=1S/C15H17N3O3/c1-10(2)18-14(19)11-5-6-16-13(8-11)15(20)17-9-12-4-3-7-21-12/h3-8,10H,9H2,1-2H3,(H,17,20)(H,18,19). The van der Waals surface area contributed by atoms with Crippen LogP contribution < -0.4 is 10.6 Å². The average molecular weight is 287 g/mol. The molecule has 0 atom stereocenters. The zero-order valence-corrected chi connectivity index (χ0v) is 11.9. The second kappa shape index (κ2) is 6.69. The van der Waals surface area contributed by atoms with Gasteiger partial charge in [-0.2, -0.15) is 0 Å². The second-order valence-electron chi connectivity index (χ2n) is 4.82. The SMILES string of the molecule is CC(C)NC(=O)c1ccnc(C(=O)NCc2ccco2)c1. The van der Waals surface area contributed by atoms with Crippen LogP contribution in [-0.2, 0) is 6.54 Å². The number of pyridine rings is 1. The molecule has 2 rings (SSSR count). The lowest BCUT2D eigenvalue weighted by Gasteiger charge is -2.09. The van der Waals surface area contributed by atoms with Gasteiger partial charge in [0.1, 0.15) is 11.5 Å². The van der Waals surface area contributed by atoms with E-state index < -0.39 is 0 Å². The highest BCUT2D eigenvalue weighted by Crippen LogP contribution is 2.04. The van der Waals surface area contributed by atoms with Gasteiger partial charge in [0.25, 0.3) is 11.8 Å². The van der Waals surface area contributed by atoms with E-state index in [-0.39, 0.29) is 30.1 Å². The van der Waals surface area contributed by atoms with Crippen molar-refractivity contribution in [3.05, 3.63) is 53.7 Å². The van der Waals surface area contributed by atoms with E-state index >= 15 is 0 Å². The molecule has 0 saturated heterocycles. The number of nitrogens with zero attached hydrogens (tertiary/aromatic N) is 1. The molecule has 0 aromatic carbocycles. The number of rotatable bonds is 5. The summed E-state index contributed by atoms with van der Waals surface area (Å²) in [5, 5.41) is 5.45. The number of carbonyl (C=O) groups excluding carboxylic acids is 2. The van der Waals surface area contributed by atoms with Crippen molar-refractivity contribution < 1.29 is 14.0 Å². The van der Waals surface area contributed by atoms with Gasteiger partial charge in [0, 0.05) is 17.8 Å². The van der Waals surface area contributed by atoms with Crippen molar-refractivity contribution in [2.45, 2.75) is 26.4 Å². The molecule has 6 heteroatoms. The van der Waals surface area contributed by atoms with Crippen LogP contribution in [0.1, 0.15) is 40.5 Å². The predicted molar refractivity (Wildman–Crippen MR) is 76.7 cm³/mol. The maximum absolute atomic E-state index is 12.0. The number of aromatic nitrogens is 1. The Morgan fingerprint density at radius 2 is 2.10 bits per heavy atom. The number of hydrogen-bond acceptors (Lipinski definition) is 4. The molecule has 0 fully saturated rings. The third kappa shape index (κ3) is 4.17. The van der Waals surface area contributed by atoms with E-state index in [2.05, 4.69) is 15.6 Å². The highest BCUT2D eigenvalue weighted by molar-refractivity contribution is 5.98. The van der Waals surface area contributed by atoms with Gasteiger partial charge in [0.05, 0.1) is 12.8 Å². The lowest BCUT2D eigenvalue weighted by molar-refractivity contribution is 0.0943. The van der Waals surface area contributed by atoms with Gasteiger partial charge in [-0.15, -0.1) is 0 Å². The van der Waals surface area contributed by atoms with Gasteiger partial charge in [0.2, 0.25) is 0 Å². The van der Waals surface area contributed by atoms with Crippen molar-refractivity contribution in [2.75, 3.05) is 0 Å². The molecule has 0 unspecified atom stereocenters. The Morgan fingerprint density at radius 3 is 2.76 bits per heavy atom. The topological polar surface area (TPSA) is 84.2 Å². The summed E-state index contributed by atoms with van der Waals surface area (Å²) in [7, 11) is 0. The van der Waals surface area contributed by atoms with E-state index in [1.54, 1.807) is 18.2 Å². The Balaban J connectivity index is 2.02. The van der Waals surface area contributed by atoms with E-state index in [1.807, 2.05) is 13.8 Å². The monoisotopic (exact) mass is 287 g/mol. The molecule has 2 heterocycles. The van der Waals surface area contributed by atoms with Gasteiger partial charge in [-0.3, -0.25) is 14.6 Å². The molecular weight excluding hydrogens is 270 g/mol. The van der Waals surface area contributed by atoms with E-state index in [0.717, 1.165) is 0 Å². The molecule has 0 aliphatic rings. The summed E-state index contributed by atoms with van der Waals surface area (Å²) in [6.07, 6.45) is 2.98. The van der Waals surface area contributed by atoms with Crippen LogP contribution in [0.5, 0.6) is 0 Å². The minimum absolute atomic E-state index is 0.0295. The molecule has 2 N–H and O–H groups in total. The minimum atomic E-state index is -0.356. The molecule has 110 valence electrons. The van der Waals surface area contributed by atoms with Crippen molar-refractivity contribution in [2.24, 2.45) is 0 Å². The van der Waals surface area contributed by atoms with Crippen molar-refractivity contribution in [1.29, 1.82) is 0 Å². The molecule has 0 aliphatic carbocycles. The van der Waals surface area contributed by atoms with Crippen LogP contribution in [0.25, 0.3) is 0 Å². The van der Waals surface area contributed by atoms with Gasteiger partial charge in [-0.05, 0) is 38.1 Å². The summed E-state index contributed by atoms with van der Waals surface area (Å²) in [5.41, 5.74) is 0.597. The second-order valence-corrected chi connectivity index (χ2v) is 4.82. The van der Waals surface area contributed by atoms with Crippen molar-refractivity contribution >= 4 is 11.8 Å². The molecule has 2 aromatic rings. The maximum Gasteiger partial charge on any atom is 0.270 e. The first-order valence-electron chi connectivity index (χ1n) is 6.64. The molecule has 0 spiro atoms. The van der Waals surface area contributed by atoms with E-state index in [9.17, 15) is 9.59 Å². The summed E-state index contributed by atoms with van der Waals surface area (Å²) in [6.45, 7) is 4.02.